The van der Waals surface area contributed by atoms with Gasteiger partial charge in [0.2, 0.25) is 5.91 Å². The summed E-state index contributed by atoms with van der Waals surface area (Å²) in [6.45, 7) is 1.03. The number of benzene rings is 1. The maximum atomic E-state index is 12.1. The van der Waals surface area contributed by atoms with Crippen LogP contribution in [0.25, 0.3) is 0 Å². The van der Waals surface area contributed by atoms with Crippen molar-refractivity contribution in [3.63, 3.8) is 0 Å². The number of carbonyl (C=O) groups excluding carboxylic acids is 1. The Bertz CT molecular complexity index is 430. The van der Waals surface area contributed by atoms with E-state index < -0.39 is 0 Å². The predicted octanol–water partition coefficient (Wildman–Crippen LogP) is 1.50. The van der Waals surface area contributed by atoms with Crippen LogP contribution >= 0.6 is 0 Å². The third-order valence-corrected chi connectivity index (χ3v) is 4.09. The zero-order chi connectivity index (χ0) is 13.9. The molecule has 0 spiro atoms. The fraction of sp³-hybridized carbons (Fsp3) is 0.533. The average Bonchev–Trinajstić information content (AvgIpc) is 2.36. The lowest BCUT2D eigenvalue weighted by Gasteiger charge is -2.39. The van der Waals surface area contributed by atoms with Crippen LogP contribution in [0.5, 0.6) is 0 Å². The van der Waals surface area contributed by atoms with Crippen LogP contribution < -0.4 is 16.0 Å². The third kappa shape index (κ3) is 2.89. The number of anilines is 1. The van der Waals surface area contributed by atoms with Gasteiger partial charge in [-0.1, -0.05) is 18.6 Å². The van der Waals surface area contributed by atoms with E-state index in [0.29, 0.717) is 13.1 Å². The summed E-state index contributed by atoms with van der Waals surface area (Å²) in [7, 11) is 4.02. The molecule has 0 aliphatic heterocycles. The first-order valence-electron chi connectivity index (χ1n) is 6.82. The lowest BCUT2D eigenvalue weighted by Crippen LogP contribution is -2.50. The summed E-state index contributed by atoms with van der Waals surface area (Å²) in [5.74, 6) is 0.109. The fourth-order valence-corrected chi connectivity index (χ4v) is 2.41. The van der Waals surface area contributed by atoms with E-state index >= 15 is 0 Å². The molecule has 0 radical (unpaired) electrons. The van der Waals surface area contributed by atoms with Gasteiger partial charge in [0.1, 0.15) is 0 Å². The molecule has 0 saturated heterocycles. The Balaban J connectivity index is 1.90. The van der Waals surface area contributed by atoms with Gasteiger partial charge in [-0.05, 0) is 30.5 Å². The highest BCUT2D eigenvalue weighted by Gasteiger charge is 2.42. The number of hydrogen-bond donors (Lipinski definition) is 2. The van der Waals surface area contributed by atoms with Crippen molar-refractivity contribution in [2.24, 2.45) is 11.1 Å². The van der Waals surface area contributed by atoms with Crippen molar-refractivity contribution in [1.82, 2.24) is 5.32 Å². The zero-order valence-electron chi connectivity index (χ0n) is 11.8. The summed E-state index contributed by atoms with van der Waals surface area (Å²) in [4.78, 5) is 14.2. The zero-order valence-corrected chi connectivity index (χ0v) is 11.8. The molecule has 1 aliphatic carbocycles. The highest BCUT2D eigenvalue weighted by molar-refractivity contribution is 5.83. The van der Waals surface area contributed by atoms with Gasteiger partial charge < -0.3 is 16.0 Å². The fourth-order valence-electron chi connectivity index (χ4n) is 2.41. The molecule has 1 aromatic rings. The number of nitrogens with zero attached hydrogens (tertiary/aromatic N) is 1. The molecule has 104 valence electrons. The van der Waals surface area contributed by atoms with Crippen LogP contribution in [0.1, 0.15) is 24.8 Å². The van der Waals surface area contributed by atoms with Gasteiger partial charge in [-0.15, -0.1) is 0 Å². The second-order valence-electron chi connectivity index (χ2n) is 5.58. The van der Waals surface area contributed by atoms with Gasteiger partial charge in [0.25, 0.3) is 0 Å². The number of nitrogens with one attached hydrogen (secondary N) is 1. The van der Waals surface area contributed by atoms with E-state index in [0.717, 1.165) is 30.5 Å². The Morgan fingerprint density at radius 3 is 2.37 bits per heavy atom. The number of carbonyl (C=O) groups is 1. The molecule has 2 rings (SSSR count). The lowest BCUT2D eigenvalue weighted by atomic mass is 9.68. The van der Waals surface area contributed by atoms with Crippen molar-refractivity contribution >= 4 is 11.6 Å². The lowest BCUT2D eigenvalue weighted by molar-refractivity contribution is -0.135. The summed E-state index contributed by atoms with van der Waals surface area (Å²) < 4.78 is 0. The Kier molecular flexibility index (Phi) is 4.10. The molecule has 4 heteroatoms. The van der Waals surface area contributed by atoms with E-state index in [2.05, 4.69) is 22.3 Å². The maximum Gasteiger partial charge on any atom is 0.227 e. The molecule has 1 amide bonds. The van der Waals surface area contributed by atoms with E-state index in [1.54, 1.807) is 0 Å². The minimum absolute atomic E-state index is 0.109. The topological polar surface area (TPSA) is 58.4 Å². The summed E-state index contributed by atoms with van der Waals surface area (Å²) >= 11 is 0. The van der Waals surface area contributed by atoms with Crippen molar-refractivity contribution in [2.75, 3.05) is 25.5 Å². The summed E-state index contributed by atoms with van der Waals surface area (Å²) in [6, 6.07) is 8.21. The van der Waals surface area contributed by atoms with Gasteiger partial charge in [0, 0.05) is 32.9 Å². The molecule has 0 aromatic heterocycles. The van der Waals surface area contributed by atoms with Gasteiger partial charge in [-0.2, -0.15) is 0 Å². The van der Waals surface area contributed by atoms with Gasteiger partial charge in [0.15, 0.2) is 0 Å². The van der Waals surface area contributed by atoms with Crippen LogP contribution in [0.2, 0.25) is 0 Å². The van der Waals surface area contributed by atoms with E-state index in [-0.39, 0.29) is 11.3 Å². The van der Waals surface area contributed by atoms with Crippen LogP contribution in [0, 0.1) is 5.41 Å². The average molecular weight is 261 g/mol. The van der Waals surface area contributed by atoms with Crippen LogP contribution in [0.3, 0.4) is 0 Å². The van der Waals surface area contributed by atoms with E-state index in [9.17, 15) is 4.79 Å². The normalized spacial score (nSPS) is 16.6. The van der Waals surface area contributed by atoms with Crippen LogP contribution in [-0.4, -0.2) is 26.5 Å². The van der Waals surface area contributed by atoms with Crippen LogP contribution in [-0.2, 0) is 11.3 Å². The summed E-state index contributed by atoms with van der Waals surface area (Å²) in [5.41, 5.74) is 7.71. The minimum atomic E-state index is -0.288. The first-order valence-corrected chi connectivity index (χ1v) is 6.82. The second kappa shape index (κ2) is 5.61. The molecule has 0 bridgehead atoms. The number of amides is 1. The summed E-state index contributed by atoms with van der Waals surface area (Å²) in [5, 5.41) is 3.01. The van der Waals surface area contributed by atoms with Gasteiger partial charge in [-0.3, -0.25) is 4.79 Å². The van der Waals surface area contributed by atoms with E-state index in [1.807, 2.05) is 26.2 Å². The Labute approximate surface area is 115 Å². The third-order valence-electron chi connectivity index (χ3n) is 4.09. The highest BCUT2D eigenvalue weighted by atomic mass is 16.2. The standard InChI is InChI=1S/C15H23N3O/c1-18(2)13-6-4-12(5-7-13)10-17-14(19)15(11-16)8-3-9-15/h4-7H,3,8-11,16H2,1-2H3,(H,17,19). The Morgan fingerprint density at radius 1 is 1.32 bits per heavy atom. The first-order chi connectivity index (χ1) is 9.07. The second-order valence-corrected chi connectivity index (χ2v) is 5.58. The van der Waals surface area contributed by atoms with Crippen molar-refractivity contribution < 1.29 is 4.79 Å². The van der Waals surface area contributed by atoms with Crippen molar-refractivity contribution in [2.45, 2.75) is 25.8 Å². The molecular weight excluding hydrogens is 238 g/mol. The van der Waals surface area contributed by atoms with E-state index in [1.165, 1.54) is 0 Å². The summed E-state index contributed by atoms with van der Waals surface area (Å²) in [6.07, 6.45) is 2.96. The van der Waals surface area contributed by atoms with Crippen LogP contribution in [0.15, 0.2) is 24.3 Å². The molecule has 3 N–H and O–H groups in total. The molecular formula is C15H23N3O. The van der Waals surface area contributed by atoms with Gasteiger partial charge >= 0.3 is 0 Å². The predicted molar refractivity (Wildman–Crippen MR) is 78.0 cm³/mol. The first kappa shape index (κ1) is 13.9. The SMILES string of the molecule is CN(C)c1ccc(CNC(=O)C2(CN)CCC2)cc1. The van der Waals surface area contributed by atoms with Crippen molar-refractivity contribution in [1.29, 1.82) is 0 Å². The smallest absolute Gasteiger partial charge is 0.227 e. The van der Waals surface area contributed by atoms with Crippen LogP contribution in [0.4, 0.5) is 5.69 Å². The molecule has 1 saturated carbocycles. The molecule has 0 atom stereocenters. The van der Waals surface area contributed by atoms with Crippen molar-refractivity contribution in [3.05, 3.63) is 29.8 Å². The molecule has 4 nitrogen and oxygen atoms in total. The molecule has 0 unspecified atom stereocenters. The Hall–Kier alpha value is -1.55. The molecule has 19 heavy (non-hydrogen) atoms. The molecule has 1 aliphatic rings. The monoisotopic (exact) mass is 261 g/mol. The molecule has 1 fully saturated rings. The van der Waals surface area contributed by atoms with Crippen molar-refractivity contribution in [3.8, 4) is 0 Å². The maximum absolute atomic E-state index is 12.1. The van der Waals surface area contributed by atoms with Gasteiger partial charge in [-0.25, -0.2) is 0 Å². The van der Waals surface area contributed by atoms with E-state index in [4.69, 9.17) is 5.73 Å². The molecule has 1 aromatic carbocycles. The number of nitrogens with two attached hydrogens (primary N) is 1. The minimum Gasteiger partial charge on any atom is -0.378 e. The quantitative estimate of drug-likeness (QED) is 0.844. The highest BCUT2D eigenvalue weighted by Crippen LogP contribution is 2.40. The number of hydrogen-bond acceptors (Lipinski definition) is 3. The largest absolute Gasteiger partial charge is 0.378 e. The number of rotatable bonds is 5. The Morgan fingerprint density at radius 2 is 1.95 bits per heavy atom. The van der Waals surface area contributed by atoms with Gasteiger partial charge in [0.05, 0.1) is 5.41 Å². The molecule has 0 heterocycles.